The van der Waals surface area contributed by atoms with Gasteiger partial charge in [0, 0.05) is 18.4 Å². The normalized spacial score (nSPS) is 11.3. The molecule has 0 atom stereocenters. The summed E-state index contributed by atoms with van der Waals surface area (Å²) in [7, 11) is 1.88. The van der Waals surface area contributed by atoms with Gasteiger partial charge in [0.05, 0.1) is 0 Å². The van der Waals surface area contributed by atoms with Crippen molar-refractivity contribution in [3.8, 4) is 0 Å². The fourth-order valence-electron chi connectivity index (χ4n) is 2.27. The van der Waals surface area contributed by atoms with E-state index in [-0.39, 0.29) is 5.78 Å². The Hall–Kier alpha value is -2.55. The van der Waals surface area contributed by atoms with E-state index in [4.69, 9.17) is 5.73 Å². The molecular formula is C18H20N2O. The average Bonchev–Trinajstić information content (AvgIpc) is 2.47. The Balaban J connectivity index is 2.58. The lowest BCUT2D eigenvalue weighted by Gasteiger charge is -2.13. The summed E-state index contributed by atoms with van der Waals surface area (Å²) in [5.41, 5.74) is 11.6. The minimum Gasteiger partial charge on any atom is -0.399 e. The number of carbonyl (C=O) groups is 1. The smallest absolute Gasteiger partial charge is 0.153 e. The quantitative estimate of drug-likeness (QED) is 0.664. The van der Waals surface area contributed by atoms with Crippen LogP contribution in [0.25, 0.3) is 5.57 Å². The molecule has 0 radical (unpaired) electrons. The Morgan fingerprint density at radius 2 is 1.81 bits per heavy atom. The summed E-state index contributed by atoms with van der Waals surface area (Å²) in [5, 5.41) is 3.09. The molecule has 0 bridgehead atoms. The number of anilines is 2. The van der Waals surface area contributed by atoms with Crippen LogP contribution in [0.2, 0.25) is 0 Å². The zero-order valence-electron chi connectivity index (χ0n) is 12.6. The third kappa shape index (κ3) is 3.51. The first-order valence-electron chi connectivity index (χ1n) is 6.88. The molecule has 0 aliphatic carbocycles. The van der Waals surface area contributed by atoms with Gasteiger partial charge >= 0.3 is 0 Å². The van der Waals surface area contributed by atoms with Gasteiger partial charge in [0.2, 0.25) is 0 Å². The number of ketones is 1. The second-order valence-electron chi connectivity index (χ2n) is 5.07. The van der Waals surface area contributed by atoms with Crippen molar-refractivity contribution in [2.45, 2.75) is 13.8 Å². The van der Waals surface area contributed by atoms with Crippen molar-refractivity contribution in [1.29, 1.82) is 0 Å². The van der Waals surface area contributed by atoms with E-state index >= 15 is 0 Å². The van der Waals surface area contributed by atoms with Gasteiger partial charge in [-0.25, -0.2) is 0 Å². The van der Waals surface area contributed by atoms with Crippen molar-refractivity contribution in [2.75, 3.05) is 18.1 Å². The molecule has 2 aromatic carbocycles. The van der Waals surface area contributed by atoms with Gasteiger partial charge in [-0.15, -0.1) is 0 Å². The van der Waals surface area contributed by atoms with E-state index in [0.717, 1.165) is 28.0 Å². The molecule has 3 heteroatoms. The van der Waals surface area contributed by atoms with Crippen molar-refractivity contribution in [2.24, 2.45) is 0 Å². The summed E-state index contributed by atoms with van der Waals surface area (Å²) >= 11 is 0. The lowest BCUT2D eigenvalue weighted by molar-refractivity contribution is -0.112. The third-order valence-corrected chi connectivity index (χ3v) is 3.38. The molecule has 0 amide bonds. The second kappa shape index (κ2) is 6.27. The predicted molar refractivity (Wildman–Crippen MR) is 89.3 cm³/mol. The Bertz CT molecular complexity index is 685. The number of hydrogen-bond donors (Lipinski definition) is 2. The molecule has 3 nitrogen and oxygen atoms in total. The monoisotopic (exact) mass is 280 g/mol. The maximum absolute atomic E-state index is 11.6. The molecule has 108 valence electrons. The van der Waals surface area contributed by atoms with Gasteiger partial charge in [-0.2, -0.15) is 0 Å². The summed E-state index contributed by atoms with van der Waals surface area (Å²) in [6.45, 7) is 3.58. The number of hydrogen-bond acceptors (Lipinski definition) is 3. The van der Waals surface area contributed by atoms with E-state index in [0.29, 0.717) is 5.69 Å². The number of rotatable bonds is 4. The van der Waals surface area contributed by atoms with Crippen molar-refractivity contribution in [3.63, 3.8) is 0 Å². The van der Waals surface area contributed by atoms with Crippen molar-refractivity contribution in [1.82, 2.24) is 0 Å². The van der Waals surface area contributed by atoms with Crippen LogP contribution in [0.4, 0.5) is 11.4 Å². The predicted octanol–water partition coefficient (Wildman–Crippen LogP) is 3.64. The van der Waals surface area contributed by atoms with E-state index in [2.05, 4.69) is 5.32 Å². The van der Waals surface area contributed by atoms with Gasteiger partial charge in [-0.3, -0.25) is 4.79 Å². The van der Waals surface area contributed by atoms with Gasteiger partial charge in [0.1, 0.15) is 0 Å². The summed E-state index contributed by atoms with van der Waals surface area (Å²) in [4.78, 5) is 11.6. The number of allylic oxidation sites excluding steroid dienone is 1. The molecule has 0 unspecified atom stereocenters. The largest absolute Gasteiger partial charge is 0.399 e. The fourth-order valence-corrected chi connectivity index (χ4v) is 2.27. The molecule has 0 aliphatic rings. The maximum atomic E-state index is 11.6. The first kappa shape index (κ1) is 14.9. The minimum absolute atomic E-state index is 0.0181. The number of nitrogens with one attached hydrogen (secondary N) is 1. The zero-order valence-corrected chi connectivity index (χ0v) is 12.6. The molecule has 0 aromatic heterocycles. The van der Waals surface area contributed by atoms with Crippen LogP contribution >= 0.6 is 0 Å². The highest BCUT2D eigenvalue weighted by molar-refractivity contribution is 5.99. The molecule has 2 rings (SSSR count). The molecule has 21 heavy (non-hydrogen) atoms. The minimum atomic E-state index is 0.0181. The van der Waals surface area contributed by atoms with E-state index in [9.17, 15) is 4.79 Å². The summed E-state index contributed by atoms with van der Waals surface area (Å²) in [5.74, 6) is 0.0181. The van der Waals surface area contributed by atoms with E-state index in [1.165, 1.54) is 0 Å². The molecule has 3 N–H and O–H groups in total. The highest BCUT2D eigenvalue weighted by Crippen LogP contribution is 2.28. The molecule has 0 saturated carbocycles. The van der Waals surface area contributed by atoms with Crippen LogP contribution in [0.1, 0.15) is 23.6 Å². The van der Waals surface area contributed by atoms with Crippen LogP contribution in [-0.2, 0) is 4.79 Å². The van der Waals surface area contributed by atoms with Crippen LogP contribution in [0.3, 0.4) is 0 Å². The molecule has 0 spiro atoms. The Labute approximate surface area is 125 Å². The van der Waals surface area contributed by atoms with Gasteiger partial charge in [-0.1, -0.05) is 18.2 Å². The van der Waals surface area contributed by atoms with Crippen LogP contribution in [0, 0.1) is 6.92 Å². The van der Waals surface area contributed by atoms with Gasteiger partial charge in [0.15, 0.2) is 5.78 Å². The highest BCUT2D eigenvalue weighted by atomic mass is 16.1. The Kier molecular flexibility index (Phi) is 4.43. The van der Waals surface area contributed by atoms with Gasteiger partial charge < -0.3 is 11.1 Å². The molecule has 2 aromatic rings. The van der Waals surface area contributed by atoms with Gasteiger partial charge in [0.25, 0.3) is 0 Å². The third-order valence-electron chi connectivity index (χ3n) is 3.38. The molecule has 0 saturated heterocycles. The Morgan fingerprint density at radius 1 is 1.14 bits per heavy atom. The first-order chi connectivity index (χ1) is 10.0. The van der Waals surface area contributed by atoms with Crippen LogP contribution in [0.15, 0.2) is 48.5 Å². The molecule has 0 aliphatic heterocycles. The summed E-state index contributed by atoms with van der Waals surface area (Å²) in [6.07, 6.45) is 1.66. The van der Waals surface area contributed by atoms with Crippen molar-refractivity contribution in [3.05, 3.63) is 65.2 Å². The highest BCUT2D eigenvalue weighted by Gasteiger charge is 2.10. The lowest BCUT2D eigenvalue weighted by atomic mass is 9.93. The second-order valence-corrected chi connectivity index (χ2v) is 5.07. The fraction of sp³-hybridized carbons (Fsp3) is 0.167. The molecule has 0 heterocycles. The summed E-state index contributed by atoms with van der Waals surface area (Å²) < 4.78 is 0. The standard InChI is InChI=1S/C18H20N2O/c1-12-4-7-15(19)11-17(12)18(10-13(2)21)14-5-8-16(20-3)9-6-14/h4-11,20H,19H2,1-3H3. The number of aryl methyl sites for hydroxylation is 1. The zero-order chi connectivity index (χ0) is 15.4. The first-order valence-corrected chi connectivity index (χ1v) is 6.88. The number of nitrogens with two attached hydrogens (primary N) is 1. The number of nitrogen functional groups attached to an aromatic ring is 1. The Morgan fingerprint density at radius 3 is 2.38 bits per heavy atom. The average molecular weight is 280 g/mol. The van der Waals surface area contributed by atoms with E-state index in [1.807, 2.05) is 56.4 Å². The van der Waals surface area contributed by atoms with Crippen molar-refractivity contribution >= 4 is 22.7 Å². The van der Waals surface area contributed by atoms with Crippen LogP contribution < -0.4 is 11.1 Å². The van der Waals surface area contributed by atoms with Crippen molar-refractivity contribution < 1.29 is 4.79 Å². The number of carbonyl (C=O) groups excluding carboxylic acids is 1. The summed E-state index contributed by atoms with van der Waals surface area (Å²) in [6, 6.07) is 13.7. The topological polar surface area (TPSA) is 55.1 Å². The van der Waals surface area contributed by atoms with Gasteiger partial charge in [-0.05, 0) is 66.5 Å². The SMILES string of the molecule is CNc1ccc(C(=CC(C)=O)c2cc(N)ccc2C)cc1. The van der Waals surface area contributed by atoms with E-state index in [1.54, 1.807) is 13.0 Å². The lowest BCUT2D eigenvalue weighted by Crippen LogP contribution is -1.97. The molecule has 0 fully saturated rings. The van der Waals surface area contributed by atoms with Crippen LogP contribution in [0.5, 0.6) is 0 Å². The van der Waals surface area contributed by atoms with E-state index < -0.39 is 0 Å². The number of benzene rings is 2. The molecular weight excluding hydrogens is 260 g/mol. The van der Waals surface area contributed by atoms with Crippen LogP contribution in [-0.4, -0.2) is 12.8 Å². The maximum Gasteiger partial charge on any atom is 0.153 e.